The number of hydrogen-bond acceptors (Lipinski definition) is 11. The summed E-state index contributed by atoms with van der Waals surface area (Å²) in [5, 5.41) is 39.7. The molecule has 7 rings (SSSR count). The smallest absolute Gasteiger partial charge is 0.246 e. The lowest BCUT2D eigenvalue weighted by molar-refractivity contribution is -0.144. The van der Waals surface area contributed by atoms with Crippen LogP contribution < -0.4 is 16.0 Å². The van der Waals surface area contributed by atoms with E-state index in [4.69, 9.17) is 0 Å². The minimum atomic E-state index is -0.857. The van der Waals surface area contributed by atoms with E-state index >= 15 is 0 Å². The summed E-state index contributed by atoms with van der Waals surface area (Å²) in [5.74, 6) is -0.422. The molecule has 0 spiro atoms. The third-order valence-corrected chi connectivity index (χ3v) is 13.3. The Morgan fingerprint density at radius 1 is 0.938 bits per heavy atom. The van der Waals surface area contributed by atoms with Crippen LogP contribution in [-0.2, 0) is 25.7 Å². The first-order valence-corrected chi connectivity index (χ1v) is 23.3. The van der Waals surface area contributed by atoms with Crippen molar-refractivity contribution in [2.24, 2.45) is 5.41 Å². The number of para-hydroxylation sites is 1. The zero-order valence-corrected chi connectivity index (χ0v) is 38.0. The van der Waals surface area contributed by atoms with Crippen LogP contribution in [0.15, 0.2) is 66.3 Å². The van der Waals surface area contributed by atoms with Crippen molar-refractivity contribution < 1.29 is 29.4 Å². The van der Waals surface area contributed by atoms with E-state index in [1.807, 2.05) is 86.8 Å². The molecule has 0 bridgehead atoms. The zero-order chi connectivity index (χ0) is 45.4. The number of phenols is 1. The highest BCUT2D eigenvalue weighted by Crippen LogP contribution is 2.35. The average Bonchev–Trinajstić information content (AvgIpc) is 3.99. The molecule has 6 N–H and O–H groups in total. The minimum absolute atomic E-state index is 0.0283. The van der Waals surface area contributed by atoms with Gasteiger partial charge in [-0.3, -0.25) is 19.2 Å². The van der Waals surface area contributed by atoms with Crippen molar-refractivity contribution in [1.82, 2.24) is 45.9 Å². The highest BCUT2D eigenvalue weighted by atomic mass is 32.1. The van der Waals surface area contributed by atoms with E-state index in [0.717, 1.165) is 64.9 Å². The Labute approximate surface area is 378 Å². The molecule has 0 unspecified atom stereocenters. The number of unbranched alkanes of at least 4 members (excludes halogenated alkanes) is 4. The number of aromatic nitrogens is 4. The number of carbonyl (C=O) groups excluding carboxylic acids is 4. The third-order valence-electron chi connectivity index (χ3n) is 12.3. The van der Waals surface area contributed by atoms with E-state index in [1.165, 1.54) is 4.90 Å². The summed E-state index contributed by atoms with van der Waals surface area (Å²) < 4.78 is 0. The maximum absolute atomic E-state index is 14.0. The van der Waals surface area contributed by atoms with Crippen molar-refractivity contribution in [3.05, 3.63) is 83.1 Å². The van der Waals surface area contributed by atoms with Crippen LogP contribution in [0.2, 0.25) is 0 Å². The Hall–Kier alpha value is -5.71. The number of β-amino-alcohol motifs (C(OH)–C–C–N with tert-alkyl or cyclic N) is 1. The normalized spacial score (nSPS) is 17.1. The van der Waals surface area contributed by atoms with Crippen LogP contribution in [-0.4, -0.2) is 115 Å². The molecule has 5 heterocycles. The summed E-state index contributed by atoms with van der Waals surface area (Å²) in [6.45, 7) is 10.7. The van der Waals surface area contributed by atoms with Crippen molar-refractivity contribution >= 4 is 46.0 Å². The van der Waals surface area contributed by atoms with Crippen LogP contribution >= 0.6 is 11.3 Å². The Kier molecular flexibility index (Phi) is 15.1. The number of aromatic amines is 1. The second kappa shape index (κ2) is 20.9. The van der Waals surface area contributed by atoms with Gasteiger partial charge >= 0.3 is 0 Å². The Morgan fingerprint density at radius 2 is 1.69 bits per heavy atom. The van der Waals surface area contributed by atoms with Crippen LogP contribution in [0, 0.1) is 12.3 Å². The van der Waals surface area contributed by atoms with Crippen LogP contribution in [0.3, 0.4) is 0 Å². The number of amides is 4. The number of phenolic OH excluding ortho intramolecular Hbond substituents is 1. The number of aliphatic hydroxyl groups excluding tert-OH is 1. The number of carbonyl (C=O) groups is 4. The van der Waals surface area contributed by atoms with Gasteiger partial charge in [-0.15, -0.1) is 21.5 Å². The maximum Gasteiger partial charge on any atom is 0.246 e. The molecule has 0 aliphatic carbocycles. The van der Waals surface area contributed by atoms with Crippen molar-refractivity contribution in [2.45, 2.75) is 110 Å². The van der Waals surface area contributed by atoms with Crippen molar-refractivity contribution in [2.75, 3.05) is 32.7 Å². The lowest BCUT2D eigenvalue weighted by Crippen LogP contribution is -2.57. The monoisotopic (exact) mass is 891 g/mol. The topological polar surface area (TPSA) is 206 Å². The van der Waals surface area contributed by atoms with Crippen molar-refractivity contribution in [3.8, 4) is 27.4 Å². The van der Waals surface area contributed by atoms with Gasteiger partial charge in [0, 0.05) is 75.1 Å². The fraction of sp³-hybridized carbons (Fsp3) is 0.479. The van der Waals surface area contributed by atoms with Gasteiger partial charge in [0.25, 0.3) is 0 Å². The van der Waals surface area contributed by atoms with Crippen molar-refractivity contribution in [3.63, 3.8) is 0 Å². The molecule has 0 radical (unpaired) electrons. The number of likely N-dealkylation sites (tertiary alicyclic amines) is 2. The number of aromatic hydroxyl groups is 1. The fourth-order valence-corrected chi connectivity index (χ4v) is 9.35. The summed E-state index contributed by atoms with van der Waals surface area (Å²) in [7, 11) is 0. The van der Waals surface area contributed by atoms with Crippen LogP contribution in [0.25, 0.3) is 32.7 Å². The Balaban J connectivity index is 0.760. The summed E-state index contributed by atoms with van der Waals surface area (Å²) >= 11 is 1.58. The lowest BCUT2D eigenvalue weighted by atomic mass is 9.85. The standard InChI is InChI=1S/C48H61N9O6S/c1-30-43(64-29-52-30)32-17-15-31(16-18-32)24-51-46(62)39-22-34(58)28-57(39)47(63)44(48(2,3)4)53-41(60)14-8-6-5-7-11-20-49-21-19-42(61)56-26-33(27-56)37-25-50-45-36(37)23-38(54-55-45)35-12-9-10-13-40(35)59/h9-10,12-13,15-18,23,25,29,33-34,39,44,49,58-59H,5-8,11,14,19-22,24,26-28H2,1-4H3,(H,50,55)(H,51,62)(H,53,60)/t34-,39+,44-/m1/s1. The van der Waals surface area contributed by atoms with E-state index in [0.29, 0.717) is 55.8 Å². The molecular weight excluding hydrogens is 831 g/mol. The number of hydrogen-bond donors (Lipinski definition) is 6. The van der Waals surface area contributed by atoms with Gasteiger partial charge in [0.2, 0.25) is 23.6 Å². The molecule has 3 aromatic heterocycles. The minimum Gasteiger partial charge on any atom is -0.507 e. The van der Waals surface area contributed by atoms with Gasteiger partial charge in [-0.05, 0) is 66.6 Å². The van der Waals surface area contributed by atoms with E-state index in [9.17, 15) is 29.4 Å². The third kappa shape index (κ3) is 11.3. The number of rotatable bonds is 19. The molecule has 16 heteroatoms. The molecule has 2 saturated heterocycles. The molecule has 2 aromatic carbocycles. The SMILES string of the molecule is Cc1ncsc1-c1ccc(CNC(=O)[C@@H]2C[C@@H](O)CN2C(=O)[C@@H](NC(=O)CCCCCCCNCCC(=O)N2CC(c3c[nH]c4nnc(-c5ccccc5O)cc34)C2)C(C)(C)C)cc1. The van der Waals surface area contributed by atoms with E-state index in [1.54, 1.807) is 23.5 Å². The number of nitrogens with zero attached hydrogens (tertiary/aromatic N) is 5. The predicted octanol–water partition coefficient (Wildman–Crippen LogP) is 5.82. The molecular formula is C48H61N9O6S. The van der Waals surface area contributed by atoms with E-state index in [2.05, 4.69) is 36.1 Å². The largest absolute Gasteiger partial charge is 0.507 e. The number of nitrogens with one attached hydrogen (secondary N) is 4. The number of aryl methyl sites for hydroxylation is 1. The molecule has 5 aromatic rings. The molecule has 4 amide bonds. The molecule has 64 heavy (non-hydrogen) atoms. The Morgan fingerprint density at radius 3 is 2.42 bits per heavy atom. The van der Waals surface area contributed by atoms with Gasteiger partial charge in [-0.1, -0.05) is 76.4 Å². The lowest BCUT2D eigenvalue weighted by Gasteiger charge is -2.39. The molecule has 2 aliphatic heterocycles. The highest BCUT2D eigenvalue weighted by molar-refractivity contribution is 7.13. The first kappa shape index (κ1) is 46.3. The summed E-state index contributed by atoms with van der Waals surface area (Å²) in [6.07, 6.45) is 6.47. The molecule has 340 valence electrons. The van der Waals surface area contributed by atoms with Gasteiger partial charge in [-0.2, -0.15) is 0 Å². The second-order valence-electron chi connectivity index (χ2n) is 18.2. The number of H-pyrrole nitrogens is 1. The first-order valence-electron chi connectivity index (χ1n) is 22.4. The summed E-state index contributed by atoms with van der Waals surface area (Å²) in [5.41, 5.74) is 7.16. The maximum atomic E-state index is 14.0. The fourth-order valence-electron chi connectivity index (χ4n) is 8.54. The number of aliphatic hydroxyl groups is 1. The van der Waals surface area contributed by atoms with E-state index < -0.39 is 23.6 Å². The second-order valence-corrected chi connectivity index (χ2v) is 19.1. The predicted molar refractivity (Wildman–Crippen MR) is 247 cm³/mol. The molecule has 2 aliphatic rings. The van der Waals surface area contributed by atoms with Crippen LogP contribution in [0.1, 0.15) is 94.9 Å². The van der Waals surface area contributed by atoms with Crippen LogP contribution in [0.4, 0.5) is 0 Å². The zero-order valence-electron chi connectivity index (χ0n) is 37.2. The van der Waals surface area contributed by atoms with Gasteiger partial charge in [0.1, 0.15) is 17.8 Å². The summed E-state index contributed by atoms with van der Waals surface area (Å²) in [6, 6.07) is 15.2. The number of thiazole rings is 1. The Bertz CT molecular complexity index is 2400. The molecule has 15 nitrogen and oxygen atoms in total. The molecule has 2 fully saturated rings. The first-order chi connectivity index (χ1) is 30.8. The van der Waals surface area contributed by atoms with E-state index in [-0.39, 0.29) is 54.8 Å². The van der Waals surface area contributed by atoms with Gasteiger partial charge in [-0.25, -0.2) is 4.98 Å². The number of fused-ring (bicyclic) bond motifs is 1. The van der Waals surface area contributed by atoms with Crippen molar-refractivity contribution in [1.29, 1.82) is 0 Å². The quantitative estimate of drug-likeness (QED) is 0.0549. The van der Waals surface area contributed by atoms with Gasteiger partial charge < -0.3 is 40.9 Å². The van der Waals surface area contributed by atoms with Gasteiger partial charge in [0.15, 0.2) is 5.65 Å². The highest BCUT2D eigenvalue weighted by Gasteiger charge is 2.44. The molecule has 3 atom stereocenters. The van der Waals surface area contributed by atoms with Crippen LogP contribution in [0.5, 0.6) is 5.75 Å². The van der Waals surface area contributed by atoms with Gasteiger partial charge in [0.05, 0.1) is 27.9 Å². The number of benzene rings is 2. The molecule has 0 saturated carbocycles. The average molecular weight is 892 g/mol. The summed E-state index contributed by atoms with van der Waals surface area (Å²) in [4.78, 5) is 65.4.